The first kappa shape index (κ1) is 17.4. The average Bonchev–Trinajstić information content (AvgIpc) is 2.44. The summed E-state index contributed by atoms with van der Waals surface area (Å²) in [5, 5.41) is 3.12. The Morgan fingerprint density at radius 3 is 2.40 bits per heavy atom. The van der Waals surface area contributed by atoms with Crippen molar-refractivity contribution in [2.45, 2.75) is 77.3 Å². The Bertz CT molecular complexity index is 283. The van der Waals surface area contributed by atoms with Crippen molar-refractivity contribution in [1.29, 1.82) is 0 Å². The van der Waals surface area contributed by atoms with Gasteiger partial charge in [0.25, 0.3) is 0 Å². The van der Waals surface area contributed by atoms with Gasteiger partial charge in [0.2, 0.25) is 5.91 Å². The normalized spacial score (nSPS) is 19.9. The molecular weight excluding hydrogens is 250 g/mol. The Kier molecular flexibility index (Phi) is 7.52. The minimum Gasteiger partial charge on any atom is -0.352 e. The van der Waals surface area contributed by atoms with E-state index < -0.39 is 5.54 Å². The molecule has 1 atom stereocenters. The number of hydrogen-bond donors (Lipinski definition) is 2. The molecule has 4 nitrogen and oxygen atoms in total. The molecule has 0 heterocycles. The zero-order valence-electron chi connectivity index (χ0n) is 13.6. The lowest BCUT2D eigenvalue weighted by molar-refractivity contribution is -0.128. The van der Waals surface area contributed by atoms with Gasteiger partial charge in [-0.25, -0.2) is 0 Å². The van der Waals surface area contributed by atoms with Crippen molar-refractivity contribution in [3.05, 3.63) is 0 Å². The molecular formula is C16H33N3O. The first-order valence-electron chi connectivity index (χ1n) is 8.34. The molecule has 1 saturated carbocycles. The molecule has 0 bridgehead atoms. The lowest BCUT2D eigenvalue weighted by Gasteiger charge is -2.33. The number of hydrogen-bond acceptors (Lipinski definition) is 3. The van der Waals surface area contributed by atoms with Gasteiger partial charge in [-0.1, -0.05) is 33.1 Å². The third-order valence-corrected chi connectivity index (χ3v) is 4.58. The topological polar surface area (TPSA) is 58.4 Å². The molecule has 118 valence electrons. The van der Waals surface area contributed by atoms with Crippen LogP contribution in [0.3, 0.4) is 0 Å². The largest absolute Gasteiger partial charge is 0.352 e. The van der Waals surface area contributed by atoms with Crippen LogP contribution in [0.1, 0.15) is 65.7 Å². The summed E-state index contributed by atoms with van der Waals surface area (Å²) in [6.07, 6.45) is 7.21. The molecule has 1 unspecified atom stereocenters. The molecule has 1 aliphatic rings. The van der Waals surface area contributed by atoms with E-state index in [9.17, 15) is 4.79 Å². The Morgan fingerprint density at radius 2 is 1.85 bits per heavy atom. The molecule has 1 rings (SSSR count). The van der Waals surface area contributed by atoms with Crippen LogP contribution in [0.5, 0.6) is 0 Å². The summed E-state index contributed by atoms with van der Waals surface area (Å²) >= 11 is 0. The van der Waals surface area contributed by atoms with Crippen molar-refractivity contribution in [1.82, 2.24) is 10.2 Å². The monoisotopic (exact) mass is 283 g/mol. The molecule has 20 heavy (non-hydrogen) atoms. The maximum Gasteiger partial charge on any atom is 0.240 e. The predicted molar refractivity (Wildman–Crippen MR) is 84.6 cm³/mol. The number of amides is 1. The number of carbonyl (C=O) groups excluding carboxylic acids is 1. The maximum atomic E-state index is 12.3. The summed E-state index contributed by atoms with van der Waals surface area (Å²) < 4.78 is 0. The molecule has 0 aromatic carbocycles. The molecule has 0 aromatic heterocycles. The summed E-state index contributed by atoms with van der Waals surface area (Å²) in [6, 6.07) is 0.223. The van der Waals surface area contributed by atoms with E-state index in [1.54, 1.807) is 0 Å². The van der Waals surface area contributed by atoms with Crippen LogP contribution >= 0.6 is 0 Å². The van der Waals surface area contributed by atoms with Crippen LogP contribution in [0, 0.1) is 0 Å². The summed E-state index contributed by atoms with van der Waals surface area (Å²) in [4.78, 5) is 14.7. The third kappa shape index (κ3) is 5.41. The van der Waals surface area contributed by atoms with Crippen molar-refractivity contribution in [3.8, 4) is 0 Å². The summed E-state index contributed by atoms with van der Waals surface area (Å²) in [5.41, 5.74) is 5.64. The molecule has 0 saturated heterocycles. The number of nitrogens with zero attached hydrogens (tertiary/aromatic N) is 1. The van der Waals surface area contributed by atoms with E-state index in [2.05, 4.69) is 31.0 Å². The van der Waals surface area contributed by atoms with Gasteiger partial charge in [-0.2, -0.15) is 0 Å². The standard InChI is InChI=1S/C16H33N3O/c1-4-19(5-2)13-9-10-14(3)18-15(20)16(17)11-7-6-8-12-16/h14H,4-13,17H2,1-3H3,(H,18,20). The van der Waals surface area contributed by atoms with Gasteiger partial charge < -0.3 is 16.0 Å². The van der Waals surface area contributed by atoms with Gasteiger partial charge in [-0.05, 0) is 52.2 Å². The van der Waals surface area contributed by atoms with Crippen molar-refractivity contribution in [2.75, 3.05) is 19.6 Å². The van der Waals surface area contributed by atoms with Crippen molar-refractivity contribution < 1.29 is 4.79 Å². The van der Waals surface area contributed by atoms with E-state index in [4.69, 9.17) is 5.73 Å². The van der Waals surface area contributed by atoms with Crippen molar-refractivity contribution in [3.63, 3.8) is 0 Å². The summed E-state index contributed by atoms with van der Waals surface area (Å²) in [7, 11) is 0. The maximum absolute atomic E-state index is 12.3. The van der Waals surface area contributed by atoms with E-state index in [0.29, 0.717) is 0 Å². The molecule has 0 radical (unpaired) electrons. The first-order valence-corrected chi connectivity index (χ1v) is 8.34. The highest BCUT2D eigenvalue weighted by atomic mass is 16.2. The molecule has 0 aromatic rings. The molecule has 4 heteroatoms. The van der Waals surface area contributed by atoms with Gasteiger partial charge in [0, 0.05) is 6.04 Å². The molecule has 3 N–H and O–H groups in total. The Balaban J connectivity index is 2.27. The van der Waals surface area contributed by atoms with Gasteiger partial charge in [0.05, 0.1) is 5.54 Å². The van der Waals surface area contributed by atoms with E-state index in [1.807, 2.05) is 0 Å². The van der Waals surface area contributed by atoms with Crippen LogP contribution < -0.4 is 11.1 Å². The molecule has 0 aliphatic heterocycles. The fourth-order valence-corrected chi connectivity index (χ4v) is 3.01. The number of nitrogens with two attached hydrogens (primary N) is 1. The van der Waals surface area contributed by atoms with Crippen LogP contribution in [0.2, 0.25) is 0 Å². The van der Waals surface area contributed by atoms with E-state index >= 15 is 0 Å². The fraction of sp³-hybridized carbons (Fsp3) is 0.938. The Hall–Kier alpha value is -0.610. The summed E-state index contributed by atoms with van der Waals surface area (Å²) in [5.74, 6) is 0.0625. The highest BCUT2D eigenvalue weighted by Gasteiger charge is 2.35. The predicted octanol–water partition coefficient (Wildman–Crippen LogP) is 2.27. The molecule has 1 fully saturated rings. The van der Waals surface area contributed by atoms with E-state index in [-0.39, 0.29) is 11.9 Å². The minimum atomic E-state index is -0.606. The summed E-state index contributed by atoms with van der Waals surface area (Å²) in [6.45, 7) is 9.78. The number of carbonyl (C=O) groups is 1. The molecule has 1 aliphatic carbocycles. The zero-order chi connectivity index (χ0) is 15.0. The van der Waals surface area contributed by atoms with Crippen LogP contribution in [-0.2, 0) is 4.79 Å². The van der Waals surface area contributed by atoms with Crippen molar-refractivity contribution in [2.24, 2.45) is 5.73 Å². The second kappa shape index (κ2) is 8.63. The number of rotatable bonds is 8. The van der Waals surface area contributed by atoms with Crippen LogP contribution in [0.15, 0.2) is 0 Å². The molecule has 0 spiro atoms. The SMILES string of the molecule is CCN(CC)CCCC(C)NC(=O)C1(N)CCCCC1. The second-order valence-electron chi connectivity index (χ2n) is 6.26. The van der Waals surface area contributed by atoms with Gasteiger partial charge in [-0.15, -0.1) is 0 Å². The van der Waals surface area contributed by atoms with Gasteiger partial charge in [0.1, 0.15) is 0 Å². The third-order valence-electron chi connectivity index (χ3n) is 4.58. The average molecular weight is 283 g/mol. The highest BCUT2D eigenvalue weighted by Crippen LogP contribution is 2.26. The second-order valence-corrected chi connectivity index (χ2v) is 6.26. The fourth-order valence-electron chi connectivity index (χ4n) is 3.01. The van der Waals surface area contributed by atoms with Gasteiger partial charge in [-0.3, -0.25) is 4.79 Å². The number of nitrogens with one attached hydrogen (secondary N) is 1. The lowest BCUT2D eigenvalue weighted by atomic mass is 9.81. The van der Waals surface area contributed by atoms with Crippen LogP contribution in [0.4, 0.5) is 0 Å². The van der Waals surface area contributed by atoms with Gasteiger partial charge >= 0.3 is 0 Å². The quantitative estimate of drug-likeness (QED) is 0.718. The van der Waals surface area contributed by atoms with Crippen LogP contribution in [0.25, 0.3) is 0 Å². The van der Waals surface area contributed by atoms with Gasteiger partial charge in [0.15, 0.2) is 0 Å². The lowest BCUT2D eigenvalue weighted by Crippen LogP contribution is -2.56. The minimum absolute atomic E-state index is 0.0625. The zero-order valence-corrected chi connectivity index (χ0v) is 13.6. The first-order chi connectivity index (χ1) is 9.51. The van der Waals surface area contributed by atoms with Crippen LogP contribution in [-0.4, -0.2) is 42.0 Å². The smallest absolute Gasteiger partial charge is 0.240 e. The Morgan fingerprint density at radius 1 is 1.25 bits per heavy atom. The molecule has 1 amide bonds. The Labute approximate surface area is 124 Å². The van der Waals surface area contributed by atoms with E-state index in [1.165, 1.54) is 6.42 Å². The highest BCUT2D eigenvalue weighted by molar-refractivity contribution is 5.86. The van der Waals surface area contributed by atoms with Crippen molar-refractivity contribution >= 4 is 5.91 Å². The van der Waals surface area contributed by atoms with E-state index in [0.717, 1.165) is 58.2 Å².